The van der Waals surface area contributed by atoms with Crippen molar-refractivity contribution in [2.75, 3.05) is 0 Å². The van der Waals surface area contributed by atoms with Gasteiger partial charge in [0.1, 0.15) is 6.54 Å². The number of hydrogen-bond donors (Lipinski definition) is 1. The molecule has 0 spiro atoms. The molecule has 0 aliphatic carbocycles. The maximum absolute atomic E-state index is 12.4. The Morgan fingerprint density at radius 1 is 1.12 bits per heavy atom. The van der Waals surface area contributed by atoms with Crippen molar-refractivity contribution in [2.45, 2.75) is 19.5 Å². The summed E-state index contributed by atoms with van der Waals surface area (Å²) in [4.78, 5) is 24.2. The normalized spacial score (nSPS) is 12.1. The third-order valence-corrected chi connectivity index (χ3v) is 4.20. The Bertz CT molecular complexity index is 932. The molecule has 4 nitrogen and oxygen atoms in total. The Morgan fingerprint density at radius 3 is 2.58 bits per heavy atom. The quantitative estimate of drug-likeness (QED) is 0.790. The van der Waals surface area contributed by atoms with Crippen molar-refractivity contribution < 1.29 is 4.79 Å². The average Bonchev–Trinajstić information content (AvgIpc) is 2.58. The monoisotopic (exact) mass is 340 g/mol. The van der Waals surface area contributed by atoms with Gasteiger partial charge in [-0.25, -0.2) is 0 Å². The molecule has 1 heterocycles. The Labute approximate surface area is 144 Å². The SMILES string of the molecule is C[C@@H](NC(=O)Cn1ccc(=O)c2ccccc21)c1ccc(Cl)cc1. The summed E-state index contributed by atoms with van der Waals surface area (Å²) in [5.41, 5.74) is 1.69. The molecule has 1 atom stereocenters. The van der Waals surface area contributed by atoms with E-state index in [2.05, 4.69) is 5.32 Å². The fourth-order valence-electron chi connectivity index (χ4n) is 2.67. The first-order chi connectivity index (χ1) is 11.5. The first kappa shape index (κ1) is 16.3. The third-order valence-electron chi connectivity index (χ3n) is 3.95. The predicted octanol–water partition coefficient (Wildman–Crippen LogP) is 3.53. The van der Waals surface area contributed by atoms with Gasteiger partial charge in [-0.2, -0.15) is 0 Å². The standard InChI is InChI=1S/C19H17ClN2O2/c1-13(14-6-8-15(20)9-7-14)21-19(24)12-22-11-10-18(23)16-4-2-3-5-17(16)22/h2-11,13H,12H2,1H3,(H,21,24)/t13-/m1/s1. The maximum Gasteiger partial charge on any atom is 0.240 e. The number of aromatic nitrogens is 1. The van der Waals surface area contributed by atoms with Gasteiger partial charge in [0, 0.05) is 22.7 Å². The molecular formula is C19H17ClN2O2. The van der Waals surface area contributed by atoms with Crippen molar-refractivity contribution in [3.8, 4) is 0 Å². The minimum absolute atomic E-state index is 0.0446. The number of carbonyl (C=O) groups is 1. The Morgan fingerprint density at radius 2 is 1.83 bits per heavy atom. The van der Waals surface area contributed by atoms with E-state index in [9.17, 15) is 9.59 Å². The lowest BCUT2D eigenvalue weighted by atomic mass is 10.1. The van der Waals surface area contributed by atoms with Gasteiger partial charge in [0.25, 0.3) is 0 Å². The highest BCUT2D eigenvalue weighted by atomic mass is 35.5. The number of rotatable bonds is 4. The van der Waals surface area contributed by atoms with E-state index in [4.69, 9.17) is 11.6 Å². The fraction of sp³-hybridized carbons (Fsp3) is 0.158. The first-order valence-corrected chi connectivity index (χ1v) is 8.05. The zero-order chi connectivity index (χ0) is 17.1. The molecular weight excluding hydrogens is 324 g/mol. The van der Waals surface area contributed by atoms with Crippen LogP contribution in [-0.4, -0.2) is 10.5 Å². The average molecular weight is 341 g/mol. The molecule has 5 heteroatoms. The molecule has 1 aromatic heterocycles. The Hall–Kier alpha value is -2.59. The summed E-state index contributed by atoms with van der Waals surface area (Å²) in [5, 5.41) is 4.24. The predicted molar refractivity (Wildman–Crippen MR) is 96.2 cm³/mol. The summed E-state index contributed by atoms with van der Waals surface area (Å²) in [6.45, 7) is 2.07. The van der Waals surface area contributed by atoms with Crippen LogP contribution in [0.25, 0.3) is 10.9 Å². The molecule has 24 heavy (non-hydrogen) atoms. The molecule has 3 rings (SSSR count). The minimum Gasteiger partial charge on any atom is -0.348 e. The number of halogens is 1. The number of hydrogen-bond acceptors (Lipinski definition) is 2. The van der Waals surface area contributed by atoms with Gasteiger partial charge in [-0.1, -0.05) is 35.9 Å². The van der Waals surface area contributed by atoms with Crippen molar-refractivity contribution in [1.82, 2.24) is 9.88 Å². The van der Waals surface area contributed by atoms with Crippen molar-refractivity contribution in [1.29, 1.82) is 0 Å². The van der Waals surface area contributed by atoms with E-state index in [1.54, 1.807) is 29.0 Å². The second-order valence-corrected chi connectivity index (χ2v) is 6.10. The second kappa shape index (κ2) is 6.89. The fourth-order valence-corrected chi connectivity index (χ4v) is 2.80. The van der Waals surface area contributed by atoms with E-state index >= 15 is 0 Å². The zero-order valence-electron chi connectivity index (χ0n) is 13.2. The van der Waals surface area contributed by atoms with Gasteiger partial charge in [-0.15, -0.1) is 0 Å². The van der Waals surface area contributed by atoms with E-state index in [-0.39, 0.29) is 23.9 Å². The highest BCUT2D eigenvalue weighted by Crippen LogP contribution is 2.16. The molecule has 122 valence electrons. The van der Waals surface area contributed by atoms with Gasteiger partial charge in [0.15, 0.2) is 5.43 Å². The maximum atomic E-state index is 12.4. The lowest BCUT2D eigenvalue weighted by Gasteiger charge is -2.16. The third kappa shape index (κ3) is 3.49. The Kier molecular flexibility index (Phi) is 4.67. The molecule has 0 radical (unpaired) electrons. The number of pyridine rings is 1. The first-order valence-electron chi connectivity index (χ1n) is 7.67. The largest absolute Gasteiger partial charge is 0.348 e. The highest BCUT2D eigenvalue weighted by Gasteiger charge is 2.11. The van der Waals surface area contributed by atoms with Crippen molar-refractivity contribution in [3.05, 3.63) is 81.6 Å². The Balaban J connectivity index is 1.77. The van der Waals surface area contributed by atoms with E-state index in [1.165, 1.54) is 6.07 Å². The van der Waals surface area contributed by atoms with Crippen LogP contribution in [0.15, 0.2) is 65.6 Å². The molecule has 1 N–H and O–H groups in total. The summed E-state index contributed by atoms with van der Waals surface area (Å²) < 4.78 is 1.78. The van der Waals surface area contributed by atoms with Gasteiger partial charge in [0.05, 0.1) is 11.6 Å². The van der Waals surface area contributed by atoms with Crippen molar-refractivity contribution in [2.24, 2.45) is 0 Å². The zero-order valence-corrected chi connectivity index (χ0v) is 14.0. The van der Waals surface area contributed by atoms with E-state index in [1.807, 2.05) is 37.3 Å². The molecule has 0 saturated carbocycles. The van der Waals surface area contributed by atoms with Crippen LogP contribution in [0.2, 0.25) is 5.02 Å². The summed E-state index contributed by atoms with van der Waals surface area (Å²) in [6, 6.07) is 16.0. The molecule has 0 bridgehead atoms. The number of nitrogens with one attached hydrogen (secondary N) is 1. The minimum atomic E-state index is -0.125. The van der Waals surface area contributed by atoms with Crippen molar-refractivity contribution >= 4 is 28.4 Å². The number of fused-ring (bicyclic) bond motifs is 1. The van der Waals surface area contributed by atoms with Gasteiger partial charge < -0.3 is 9.88 Å². The van der Waals surface area contributed by atoms with E-state index in [0.29, 0.717) is 10.4 Å². The highest BCUT2D eigenvalue weighted by molar-refractivity contribution is 6.30. The van der Waals surface area contributed by atoms with Crippen LogP contribution in [0, 0.1) is 0 Å². The van der Waals surface area contributed by atoms with E-state index < -0.39 is 0 Å². The van der Waals surface area contributed by atoms with Crippen LogP contribution in [0.4, 0.5) is 0 Å². The van der Waals surface area contributed by atoms with Gasteiger partial charge in [0.2, 0.25) is 5.91 Å². The van der Waals surface area contributed by atoms with Crippen LogP contribution >= 0.6 is 11.6 Å². The molecule has 3 aromatic rings. The summed E-state index contributed by atoms with van der Waals surface area (Å²) in [5.74, 6) is -0.119. The van der Waals surface area contributed by atoms with Crippen LogP contribution in [0.3, 0.4) is 0 Å². The lowest BCUT2D eigenvalue weighted by Crippen LogP contribution is -2.30. The van der Waals surface area contributed by atoms with Gasteiger partial charge in [-0.3, -0.25) is 9.59 Å². The number of carbonyl (C=O) groups excluding carboxylic acids is 1. The smallest absolute Gasteiger partial charge is 0.240 e. The van der Waals surface area contributed by atoms with Crippen LogP contribution in [-0.2, 0) is 11.3 Å². The van der Waals surface area contributed by atoms with Gasteiger partial charge in [-0.05, 0) is 36.8 Å². The number of amides is 1. The number of para-hydroxylation sites is 1. The summed E-state index contributed by atoms with van der Waals surface area (Å²) in [7, 11) is 0. The van der Waals surface area contributed by atoms with Crippen LogP contribution in [0.5, 0.6) is 0 Å². The van der Waals surface area contributed by atoms with E-state index in [0.717, 1.165) is 11.1 Å². The molecule has 0 aliphatic heterocycles. The molecule has 0 fully saturated rings. The molecule has 2 aromatic carbocycles. The summed E-state index contributed by atoms with van der Waals surface area (Å²) in [6.07, 6.45) is 1.65. The number of nitrogens with zero attached hydrogens (tertiary/aromatic N) is 1. The molecule has 0 aliphatic rings. The second-order valence-electron chi connectivity index (χ2n) is 5.67. The number of benzene rings is 2. The lowest BCUT2D eigenvalue weighted by molar-refractivity contribution is -0.122. The van der Waals surface area contributed by atoms with Crippen molar-refractivity contribution in [3.63, 3.8) is 0 Å². The molecule has 0 unspecified atom stereocenters. The molecule has 1 amide bonds. The van der Waals surface area contributed by atoms with Crippen LogP contribution < -0.4 is 10.7 Å². The summed E-state index contributed by atoms with van der Waals surface area (Å²) >= 11 is 5.88. The van der Waals surface area contributed by atoms with Crippen LogP contribution in [0.1, 0.15) is 18.5 Å². The van der Waals surface area contributed by atoms with Gasteiger partial charge >= 0.3 is 0 Å². The topological polar surface area (TPSA) is 51.1 Å². The molecule has 0 saturated heterocycles.